The zero-order valence-corrected chi connectivity index (χ0v) is 21.2. The van der Waals surface area contributed by atoms with Crippen molar-refractivity contribution in [3.63, 3.8) is 0 Å². The molecular weight excluding hydrogens is 451 g/mol. The molecule has 0 bridgehead atoms. The van der Waals surface area contributed by atoms with Crippen molar-refractivity contribution in [1.29, 1.82) is 0 Å². The molecular formula is C26H41FN4O4. The van der Waals surface area contributed by atoms with Crippen LogP contribution in [0.15, 0.2) is 18.2 Å². The number of carbonyl (C=O) groups is 1. The van der Waals surface area contributed by atoms with Crippen molar-refractivity contribution >= 4 is 11.8 Å². The molecule has 3 fully saturated rings. The highest BCUT2D eigenvalue weighted by Crippen LogP contribution is 2.34. The molecule has 3 saturated heterocycles. The van der Waals surface area contributed by atoms with Gasteiger partial charge >= 0.3 is 6.09 Å². The predicted molar refractivity (Wildman–Crippen MR) is 132 cm³/mol. The fraction of sp³-hybridized carbons (Fsp3) is 0.731. The lowest BCUT2D eigenvalue weighted by Gasteiger charge is -2.36. The summed E-state index contributed by atoms with van der Waals surface area (Å²) in [5.41, 5.74) is 1.54. The van der Waals surface area contributed by atoms with E-state index >= 15 is 0 Å². The number of halogens is 1. The number of morpholine rings is 1. The number of anilines is 1. The summed E-state index contributed by atoms with van der Waals surface area (Å²) < 4.78 is 25.0. The molecule has 0 saturated carbocycles. The van der Waals surface area contributed by atoms with Gasteiger partial charge < -0.3 is 19.3 Å². The number of carbonyl (C=O) groups excluding carboxylic acids is 1. The molecule has 1 aromatic carbocycles. The lowest BCUT2D eigenvalue weighted by atomic mass is 9.93. The summed E-state index contributed by atoms with van der Waals surface area (Å²) >= 11 is 0. The van der Waals surface area contributed by atoms with Crippen LogP contribution in [0.3, 0.4) is 0 Å². The molecule has 1 aromatic rings. The Bertz CT molecular complexity index is 815. The smallest absolute Gasteiger partial charge is 0.409 e. The normalized spacial score (nSPS) is 24.2. The van der Waals surface area contributed by atoms with Crippen molar-refractivity contribution in [3.8, 4) is 0 Å². The summed E-state index contributed by atoms with van der Waals surface area (Å²) in [6, 6.07) is 5.28. The van der Waals surface area contributed by atoms with Gasteiger partial charge in [0, 0.05) is 32.7 Å². The van der Waals surface area contributed by atoms with Gasteiger partial charge in [-0.25, -0.2) is 9.18 Å². The second kappa shape index (κ2) is 12.9. The highest BCUT2D eigenvalue weighted by atomic mass is 19.1. The predicted octanol–water partition coefficient (Wildman–Crippen LogP) is 4.27. The molecule has 0 aliphatic carbocycles. The van der Waals surface area contributed by atoms with E-state index < -0.39 is 0 Å². The Morgan fingerprint density at radius 2 is 1.86 bits per heavy atom. The van der Waals surface area contributed by atoms with Gasteiger partial charge in [-0.1, -0.05) is 38.7 Å². The van der Waals surface area contributed by atoms with Crippen molar-refractivity contribution < 1.29 is 23.5 Å². The number of nitrogens with zero attached hydrogens (tertiary/aromatic N) is 3. The maximum Gasteiger partial charge on any atom is 0.409 e. The number of likely N-dealkylation sites (tertiary alicyclic amines) is 1. The molecule has 2 unspecified atom stereocenters. The van der Waals surface area contributed by atoms with Gasteiger partial charge in [0.05, 0.1) is 32.2 Å². The zero-order valence-electron chi connectivity index (χ0n) is 21.2. The minimum atomic E-state index is -0.324. The van der Waals surface area contributed by atoms with Crippen LogP contribution in [-0.4, -0.2) is 75.3 Å². The van der Waals surface area contributed by atoms with Crippen molar-refractivity contribution in [2.75, 3.05) is 57.9 Å². The number of amides is 1. The maximum atomic E-state index is 14.7. The fourth-order valence-corrected chi connectivity index (χ4v) is 5.33. The van der Waals surface area contributed by atoms with Gasteiger partial charge in [-0.2, -0.15) is 5.06 Å². The number of piperidine rings is 1. The number of hydroxylamine groups is 2. The lowest BCUT2D eigenvalue weighted by molar-refractivity contribution is -0.174. The quantitative estimate of drug-likeness (QED) is 0.517. The molecule has 196 valence electrons. The Kier molecular flexibility index (Phi) is 9.59. The van der Waals surface area contributed by atoms with Crippen LogP contribution in [0.4, 0.5) is 14.9 Å². The monoisotopic (exact) mass is 492 g/mol. The van der Waals surface area contributed by atoms with Crippen LogP contribution in [0.1, 0.15) is 63.7 Å². The molecule has 2 atom stereocenters. The third-order valence-electron chi connectivity index (χ3n) is 7.40. The molecule has 1 N–H and O–H groups in total. The van der Waals surface area contributed by atoms with Gasteiger partial charge in [-0.15, -0.1) is 0 Å². The highest BCUT2D eigenvalue weighted by Gasteiger charge is 2.40. The average molecular weight is 493 g/mol. The molecule has 0 radical (unpaired) electrons. The molecule has 9 heteroatoms. The fourth-order valence-electron chi connectivity index (χ4n) is 5.33. The minimum Gasteiger partial charge on any atom is -0.453 e. The van der Waals surface area contributed by atoms with Crippen LogP contribution < -0.4 is 10.2 Å². The molecule has 8 nitrogen and oxygen atoms in total. The standard InChI is InChI=1S/C26H41FN4O4/c1-3-4-5-6-7-12-31-24(20-10-13-30(14-11-20)26(32)33-2)28-25(35-31)21-8-9-22(27)23(19-21)29-15-17-34-18-16-29/h8-9,19-20,24-25,28H,3-7,10-18H2,1-2H3. The van der Waals surface area contributed by atoms with Gasteiger partial charge in [0.1, 0.15) is 5.82 Å². The van der Waals surface area contributed by atoms with Crippen LogP contribution in [0, 0.1) is 11.7 Å². The van der Waals surface area contributed by atoms with Gasteiger partial charge in [-0.3, -0.25) is 10.2 Å². The minimum absolute atomic E-state index is 0.0582. The van der Waals surface area contributed by atoms with Gasteiger partial charge in [0.15, 0.2) is 6.23 Å². The second-order valence-corrected chi connectivity index (χ2v) is 9.76. The molecule has 3 aliphatic rings. The van der Waals surface area contributed by atoms with Gasteiger partial charge in [0.2, 0.25) is 0 Å². The van der Waals surface area contributed by atoms with Gasteiger partial charge in [0.25, 0.3) is 0 Å². The summed E-state index contributed by atoms with van der Waals surface area (Å²) in [7, 11) is 1.43. The number of hydrogen-bond acceptors (Lipinski definition) is 7. The molecule has 3 heterocycles. The summed E-state index contributed by atoms with van der Waals surface area (Å²) in [5, 5.41) is 5.79. The average Bonchev–Trinajstić information content (AvgIpc) is 3.33. The molecule has 35 heavy (non-hydrogen) atoms. The maximum absolute atomic E-state index is 14.7. The number of rotatable bonds is 9. The summed E-state index contributed by atoms with van der Waals surface area (Å²) in [5.74, 6) is 0.142. The van der Waals surface area contributed by atoms with E-state index in [1.807, 2.05) is 17.0 Å². The number of hydrogen-bond donors (Lipinski definition) is 1. The van der Waals surface area contributed by atoms with Crippen molar-refractivity contribution in [2.24, 2.45) is 5.92 Å². The van der Waals surface area contributed by atoms with E-state index in [2.05, 4.69) is 17.3 Å². The van der Waals surface area contributed by atoms with Crippen LogP contribution in [0.2, 0.25) is 0 Å². The molecule has 3 aliphatic heterocycles. The van der Waals surface area contributed by atoms with Crippen LogP contribution in [-0.2, 0) is 14.3 Å². The van der Waals surface area contributed by atoms with E-state index in [0.29, 0.717) is 51.0 Å². The molecule has 0 aromatic heterocycles. The number of nitrogens with one attached hydrogen (secondary N) is 1. The Balaban J connectivity index is 1.44. The molecule has 4 rings (SSSR count). The number of methoxy groups -OCH3 is 1. The zero-order chi connectivity index (χ0) is 24.6. The van der Waals surface area contributed by atoms with Crippen molar-refractivity contribution in [1.82, 2.24) is 15.3 Å². The van der Waals surface area contributed by atoms with E-state index in [1.165, 1.54) is 32.8 Å². The SMILES string of the molecule is CCCCCCCN1OC(c2ccc(F)c(N3CCOCC3)c2)NC1C1CCN(C(=O)OC)CC1. The number of benzene rings is 1. The summed E-state index contributed by atoms with van der Waals surface area (Å²) in [4.78, 5) is 22.2. The summed E-state index contributed by atoms with van der Waals surface area (Å²) in [6.07, 6.45) is 7.24. The number of ether oxygens (including phenoxy) is 2. The van der Waals surface area contributed by atoms with Gasteiger partial charge in [-0.05, 0) is 42.9 Å². The van der Waals surface area contributed by atoms with E-state index in [1.54, 1.807) is 11.0 Å². The first-order valence-electron chi connectivity index (χ1n) is 13.2. The first kappa shape index (κ1) is 26.1. The Labute approximate surface area is 208 Å². The van der Waals surface area contributed by atoms with E-state index in [9.17, 15) is 9.18 Å². The third kappa shape index (κ3) is 6.64. The van der Waals surface area contributed by atoms with Crippen LogP contribution >= 0.6 is 0 Å². The third-order valence-corrected chi connectivity index (χ3v) is 7.40. The Morgan fingerprint density at radius 1 is 1.11 bits per heavy atom. The van der Waals surface area contributed by atoms with E-state index in [4.69, 9.17) is 14.3 Å². The van der Waals surface area contributed by atoms with Crippen molar-refractivity contribution in [2.45, 2.75) is 64.3 Å². The number of unbranched alkanes of at least 4 members (excludes halogenated alkanes) is 4. The highest BCUT2D eigenvalue weighted by molar-refractivity contribution is 5.67. The van der Waals surface area contributed by atoms with Crippen LogP contribution in [0.25, 0.3) is 0 Å². The topological polar surface area (TPSA) is 66.5 Å². The first-order valence-corrected chi connectivity index (χ1v) is 13.2. The van der Waals surface area contributed by atoms with Crippen molar-refractivity contribution in [3.05, 3.63) is 29.6 Å². The van der Waals surface area contributed by atoms with E-state index in [-0.39, 0.29) is 24.3 Å². The molecule has 0 spiro atoms. The summed E-state index contributed by atoms with van der Waals surface area (Å²) in [6.45, 7) is 7.04. The lowest BCUT2D eigenvalue weighted by Crippen LogP contribution is -2.48. The van der Waals surface area contributed by atoms with Crippen LogP contribution in [0.5, 0.6) is 0 Å². The largest absolute Gasteiger partial charge is 0.453 e. The second-order valence-electron chi connectivity index (χ2n) is 9.76. The molecule has 1 amide bonds. The van der Waals surface area contributed by atoms with E-state index in [0.717, 1.165) is 31.4 Å². The Morgan fingerprint density at radius 3 is 2.57 bits per heavy atom. The first-order chi connectivity index (χ1) is 17.1. The Hall–Kier alpha value is -1.94.